The molecule has 5 nitrogen and oxygen atoms in total. The Bertz CT molecular complexity index is 1000. The molecule has 2 aliphatic rings. The van der Waals surface area contributed by atoms with Crippen LogP contribution in [-0.4, -0.2) is 20.9 Å². The Balaban J connectivity index is 1.76. The van der Waals surface area contributed by atoms with Crippen LogP contribution in [-0.2, 0) is 27.7 Å². The Kier molecular flexibility index (Phi) is 4.37. The third-order valence-corrected chi connectivity index (χ3v) is 6.92. The minimum absolute atomic E-state index is 0.109. The molecule has 2 aromatic rings. The highest BCUT2D eigenvalue weighted by atomic mass is 35.5. The van der Waals surface area contributed by atoms with Crippen molar-refractivity contribution in [3.8, 4) is 0 Å². The number of nitrogens with zero attached hydrogens (tertiary/aromatic N) is 1. The van der Waals surface area contributed by atoms with Crippen LogP contribution in [0.2, 0.25) is 10.0 Å². The van der Waals surface area contributed by atoms with Crippen molar-refractivity contribution in [1.29, 1.82) is 0 Å². The van der Waals surface area contributed by atoms with Crippen LogP contribution in [0.4, 0.5) is 11.4 Å². The molecule has 0 fully saturated rings. The smallest absolute Gasteiger partial charge is 0.261 e. The van der Waals surface area contributed by atoms with E-state index in [2.05, 4.69) is 4.72 Å². The second-order valence-electron chi connectivity index (χ2n) is 6.45. The molecular formula is C18H16Cl2N2O3S. The first-order valence-electron chi connectivity index (χ1n) is 8.30. The van der Waals surface area contributed by atoms with Gasteiger partial charge in [0.05, 0.1) is 26.3 Å². The van der Waals surface area contributed by atoms with Crippen molar-refractivity contribution in [2.45, 2.75) is 30.6 Å². The number of nitrogens with one attached hydrogen (secondary N) is 1. The Morgan fingerprint density at radius 2 is 1.77 bits per heavy atom. The van der Waals surface area contributed by atoms with Gasteiger partial charge >= 0.3 is 0 Å². The lowest BCUT2D eigenvalue weighted by Crippen LogP contribution is -2.39. The van der Waals surface area contributed by atoms with Crippen molar-refractivity contribution in [2.24, 2.45) is 0 Å². The topological polar surface area (TPSA) is 66.5 Å². The number of anilines is 2. The van der Waals surface area contributed by atoms with E-state index < -0.39 is 10.0 Å². The van der Waals surface area contributed by atoms with Gasteiger partial charge in [-0.25, -0.2) is 8.42 Å². The normalized spacial score (nSPS) is 16.4. The molecule has 0 aliphatic carbocycles. The predicted molar refractivity (Wildman–Crippen MR) is 103 cm³/mol. The van der Waals surface area contributed by atoms with Crippen LogP contribution >= 0.6 is 23.2 Å². The van der Waals surface area contributed by atoms with Crippen LogP contribution in [0.1, 0.15) is 24.0 Å². The zero-order valence-electron chi connectivity index (χ0n) is 13.8. The van der Waals surface area contributed by atoms with Gasteiger partial charge in [-0.2, -0.15) is 0 Å². The molecule has 26 heavy (non-hydrogen) atoms. The average molecular weight is 411 g/mol. The molecule has 2 aromatic carbocycles. The highest BCUT2D eigenvalue weighted by molar-refractivity contribution is 7.92. The average Bonchev–Trinajstić information content (AvgIpc) is 2.62. The Morgan fingerprint density at radius 3 is 2.54 bits per heavy atom. The van der Waals surface area contributed by atoms with Gasteiger partial charge in [-0.1, -0.05) is 29.3 Å². The zero-order valence-corrected chi connectivity index (χ0v) is 16.1. The highest BCUT2D eigenvalue weighted by Gasteiger charge is 2.31. The number of amides is 1. The summed E-state index contributed by atoms with van der Waals surface area (Å²) in [6, 6.07) is 8.10. The van der Waals surface area contributed by atoms with E-state index in [9.17, 15) is 13.2 Å². The number of benzene rings is 2. The van der Waals surface area contributed by atoms with Crippen molar-refractivity contribution in [2.75, 3.05) is 16.2 Å². The van der Waals surface area contributed by atoms with E-state index in [0.29, 0.717) is 19.4 Å². The molecule has 4 rings (SSSR count). The molecule has 0 unspecified atom stereocenters. The summed E-state index contributed by atoms with van der Waals surface area (Å²) in [6.07, 6.45) is 2.55. The van der Waals surface area contributed by atoms with Crippen molar-refractivity contribution in [3.05, 3.63) is 51.5 Å². The second-order valence-corrected chi connectivity index (χ2v) is 8.91. The maximum absolute atomic E-state index is 12.9. The van der Waals surface area contributed by atoms with E-state index in [-0.39, 0.29) is 26.5 Å². The number of sulfonamides is 1. The molecule has 8 heteroatoms. The lowest BCUT2D eigenvalue weighted by molar-refractivity contribution is -0.119. The molecule has 0 aromatic heterocycles. The van der Waals surface area contributed by atoms with Gasteiger partial charge in [0.15, 0.2) is 0 Å². The minimum Gasteiger partial charge on any atom is -0.312 e. The Labute approximate surface area is 162 Å². The fourth-order valence-corrected chi connectivity index (χ4v) is 5.14. The van der Waals surface area contributed by atoms with Gasteiger partial charge in [0, 0.05) is 13.0 Å². The van der Waals surface area contributed by atoms with Gasteiger partial charge in [0.2, 0.25) is 5.91 Å². The largest absolute Gasteiger partial charge is 0.312 e. The van der Waals surface area contributed by atoms with Gasteiger partial charge < -0.3 is 4.90 Å². The van der Waals surface area contributed by atoms with E-state index >= 15 is 0 Å². The van der Waals surface area contributed by atoms with E-state index in [0.717, 1.165) is 29.7 Å². The summed E-state index contributed by atoms with van der Waals surface area (Å²) in [7, 11) is -3.82. The molecule has 2 aliphatic heterocycles. The number of hydrogen-bond acceptors (Lipinski definition) is 3. The van der Waals surface area contributed by atoms with Crippen LogP contribution in [0.5, 0.6) is 0 Å². The molecule has 136 valence electrons. The fraction of sp³-hybridized carbons (Fsp3) is 0.278. The lowest BCUT2D eigenvalue weighted by Gasteiger charge is -2.35. The van der Waals surface area contributed by atoms with Gasteiger partial charge in [0.1, 0.15) is 0 Å². The first-order chi connectivity index (χ1) is 12.4. The molecule has 2 heterocycles. The molecule has 1 N–H and O–H groups in total. The van der Waals surface area contributed by atoms with E-state index in [1.165, 1.54) is 0 Å². The summed E-state index contributed by atoms with van der Waals surface area (Å²) in [5.74, 6) is 0.109. The second kappa shape index (κ2) is 6.44. The quantitative estimate of drug-likeness (QED) is 0.830. The van der Waals surface area contributed by atoms with E-state index in [1.807, 2.05) is 0 Å². The highest BCUT2D eigenvalue weighted by Crippen LogP contribution is 2.38. The van der Waals surface area contributed by atoms with Crippen molar-refractivity contribution < 1.29 is 13.2 Å². The van der Waals surface area contributed by atoms with Crippen molar-refractivity contribution >= 4 is 50.5 Å². The van der Waals surface area contributed by atoms with Gasteiger partial charge in [-0.15, -0.1) is 0 Å². The maximum Gasteiger partial charge on any atom is 0.261 e. The summed E-state index contributed by atoms with van der Waals surface area (Å²) in [5, 5.41) is 0.440. The summed E-state index contributed by atoms with van der Waals surface area (Å²) < 4.78 is 28.3. The van der Waals surface area contributed by atoms with Crippen LogP contribution < -0.4 is 9.62 Å². The van der Waals surface area contributed by atoms with Crippen molar-refractivity contribution in [1.82, 2.24) is 0 Å². The zero-order chi connectivity index (χ0) is 18.5. The third-order valence-electron chi connectivity index (χ3n) is 4.75. The number of carbonyl (C=O) groups is 1. The number of rotatable bonds is 3. The molecule has 1 amide bonds. The molecule has 0 bridgehead atoms. The Hall–Kier alpha value is -1.76. The molecular weight excluding hydrogens is 395 g/mol. The number of halogens is 2. The number of carbonyl (C=O) groups excluding carboxylic acids is 1. The molecule has 0 radical (unpaired) electrons. The minimum atomic E-state index is -3.82. The van der Waals surface area contributed by atoms with Crippen LogP contribution in [0.25, 0.3) is 0 Å². The first kappa shape index (κ1) is 17.6. The maximum atomic E-state index is 12.9. The summed E-state index contributed by atoms with van der Waals surface area (Å²) in [6.45, 7) is 0.696. The monoisotopic (exact) mass is 410 g/mol. The lowest BCUT2D eigenvalue weighted by atomic mass is 9.92. The van der Waals surface area contributed by atoms with Crippen LogP contribution in [0, 0.1) is 0 Å². The summed E-state index contributed by atoms with van der Waals surface area (Å²) in [5.41, 5.74) is 2.94. The van der Waals surface area contributed by atoms with Gasteiger partial charge in [-0.3, -0.25) is 9.52 Å². The first-order valence-corrected chi connectivity index (χ1v) is 10.5. The SMILES string of the molecule is O=C1CCc2cc(S(=O)(=O)Nc3cccc(Cl)c3Cl)cc3c2N1CCC3. The number of hydrogen-bond donors (Lipinski definition) is 1. The third kappa shape index (κ3) is 2.96. The van der Waals surface area contributed by atoms with Crippen LogP contribution in [0.15, 0.2) is 35.2 Å². The van der Waals surface area contributed by atoms with Gasteiger partial charge in [-0.05, 0) is 54.7 Å². The van der Waals surface area contributed by atoms with E-state index in [4.69, 9.17) is 23.2 Å². The predicted octanol–water partition coefficient (Wildman–Crippen LogP) is 4.02. The van der Waals surface area contributed by atoms with Crippen molar-refractivity contribution in [3.63, 3.8) is 0 Å². The molecule has 0 atom stereocenters. The Morgan fingerprint density at radius 1 is 1.04 bits per heavy atom. The summed E-state index contributed by atoms with van der Waals surface area (Å²) in [4.78, 5) is 14.1. The standard InChI is InChI=1S/C18H16Cl2N2O3S/c19-14-4-1-5-15(17(14)20)21-26(24,25)13-9-11-3-2-8-22-16(23)7-6-12(10-13)18(11)22/h1,4-5,9-10,21H,2-3,6-8H2. The van der Waals surface area contributed by atoms with Crippen LogP contribution in [0.3, 0.4) is 0 Å². The number of aryl methyl sites for hydroxylation is 2. The molecule has 0 saturated carbocycles. The van der Waals surface area contributed by atoms with E-state index in [1.54, 1.807) is 35.2 Å². The fourth-order valence-electron chi connectivity index (χ4n) is 3.56. The summed E-state index contributed by atoms with van der Waals surface area (Å²) >= 11 is 12.1. The molecule has 0 spiro atoms. The van der Waals surface area contributed by atoms with Gasteiger partial charge in [0.25, 0.3) is 10.0 Å². The molecule has 0 saturated heterocycles.